The standard InChI is InChI=1S/C13H15N5S/c1-8-6-19-13(16-8)9(2)17-12-11-10(4-5-14-12)18(3)7-15-11/h4-7,9H,1-3H3,(H,14,17). The molecule has 1 atom stereocenters. The maximum absolute atomic E-state index is 4.49. The first kappa shape index (κ1) is 12.1. The molecule has 0 amide bonds. The zero-order chi connectivity index (χ0) is 13.4. The summed E-state index contributed by atoms with van der Waals surface area (Å²) in [5.41, 5.74) is 3.02. The summed E-state index contributed by atoms with van der Waals surface area (Å²) in [5.74, 6) is 0.804. The molecule has 1 N–H and O–H groups in total. The Balaban J connectivity index is 1.93. The number of thiazole rings is 1. The van der Waals surface area contributed by atoms with Crippen LogP contribution < -0.4 is 5.32 Å². The highest BCUT2D eigenvalue weighted by atomic mass is 32.1. The third kappa shape index (κ3) is 2.19. The summed E-state index contributed by atoms with van der Waals surface area (Å²) in [7, 11) is 1.98. The van der Waals surface area contributed by atoms with Crippen LogP contribution in [0.3, 0.4) is 0 Å². The Morgan fingerprint density at radius 3 is 2.95 bits per heavy atom. The number of aromatic nitrogens is 4. The van der Waals surface area contributed by atoms with Gasteiger partial charge >= 0.3 is 0 Å². The Labute approximate surface area is 115 Å². The van der Waals surface area contributed by atoms with Gasteiger partial charge in [-0.15, -0.1) is 11.3 Å². The molecule has 0 aromatic carbocycles. The van der Waals surface area contributed by atoms with E-state index in [9.17, 15) is 0 Å². The van der Waals surface area contributed by atoms with E-state index in [1.54, 1.807) is 23.9 Å². The second-order valence-corrected chi connectivity index (χ2v) is 5.47. The number of pyridine rings is 1. The molecular formula is C13H15N5S. The first-order valence-electron chi connectivity index (χ1n) is 6.10. The topological polar surface area (TPSA) is 55.6 Å². The number of nitrogens with zero attached hydrogens (tertiary/aromatic N) is 4. The van der Waals surface area contributed by atoms with Crippen molar-refractivity contribution in [3.8, 4) is 0 Å². The monoisotopic (exact) mass is 273 g/mol. The Kier molecular flexibility index (Phi) is 2.94. The van der Waals surface area contributed by atoms with Crippen LogP contribution in [-0.4, -0.2) is 19.5 Å². The smallest absolute Gasteiger partial charge is 0.154 e. The molecule has 19 heavy (non-hydrogen) atoms. The molecule has 0 aliphatic carbocycles. The summed E-state index contributed by atoms with van der Waals surface area (Å²) in [6.45, 7) is 4.09. The van der Waals surface area contributed by atoms with Crippen molar-refractivity contribution in [2.75, 3.05) is 5.32 Å². The number of rotatable bonds is 3. The van der Waals surface area contributed by atoms with E-state index in [4.69, 9.17) is 0 Å². The van der Waals surface area contributed by atoms with Crippen LogP contribution in [0.25, 0.3) is 11.0 Å². The highest BCUT2D eigenvalue weighted by molar-refractivity contribution is 7.09. The lowest BCUT2D eigenvalue weighted by Gasteiger charge is -2.12. The highest BCUT2D eigenvalue weighted by Crippen LogP contribution is 2.25. The minimum absolute atomic E-state index is 0.124. The quantitative estimate of drug-likeness (QED) is 0.797. The molecule has 3 rings (SSSR count). The van der Waals surface area contributed by atoms with Crippen LogP contribution in [-0.2, 0) is 7.05 Å². The van der Waals surface area contributed by atoms with Crippen LogP contribution in [0.4, 0.5) is 5.82 Å². The fourth-order valence-electron chi connectivity index (χ4n) is 2.01. The second kappa shape index (κ2) is 4.62. The zero-order valence-electron chi connectivity index (χ0n) is 11.1. The normalized spacial score (nSPS) is 12.8. The van der Waals surface area contributed by atoms with Crippen LogP contribution in [0.15, 0.2) is 24.0 Å². The predicted molar refractivity (Wildman–Crippen MR) is 77.4 cm³/mol. The van der Waals surface area contributed by atoms with Gasteiger partial charge in [0.25, 0.3) is 0 Å². The Bertz CT molecular complexity index is 715. The third-order valence-electron chi connectivity index (χ3n) is 3.00. The summed E-state index contributed by atoms with van der Waals surface area (Å²) < 4.78 is 1.99. The maximum Gasteiger partial charge on any atom is 0.154 e. The first-order chi connectivity index (χ1) is 9.15. The number of anilines is 1. The molecule has 0 aliphatic rings. The van der Waals surface area contributed by atoms with Crippen LogP contribution >= 0.6 is 11.3 Å². The van der Waals surface area contributed by atoms with E-state index in [1.165, 1.54) is 0 Å². The lowest BCUT2D eigenvalue weighted by Crippen LogP contribution is -2.08. The van der Waals surface area contributed by atoms with Crippen LogP contribution in [0, 0.1) is 6.92 Å². The van der Waals surface area contributed by atoms with Gasteiger partial charge in [-0.1, -0.05) is 0 Å². The van der Waals surface area contributed by atoms with Crippen molar-refractivity contribution < 1.29 is 0 Å². The average Bonchev–Trinajstić information content (AvgIpc) is 2.98. The number of fused-ring (bicyclic) bond motifs is 1. The molecule has 1 unspecified atom stereocenters. The molecule has 3 aromatic heterocycles. The van der Waals surface area contributed by atoms with Crippen molar-refractivity contribution in [3.63, 3.8) is 0 Å². The summed E-state index contributed by atoms with van der Waals surface area (Å²) in [6, 6.07) is 2.09. The van der Waals surface area contributed by atoms with Gasteiger partial charge in [-0.3, -0.25) is 0 Å². The number of hydrogen-bond acceptors (Lipinski definition) is 5. The minimum Gasteiger partial charge on any atom is -0.359 e. The van der Waals surface area contributed by atoms with Gasteiger partial charge in [-0.2, -0.15) is 0 Å². The molecule has 6 heteroatoms. The van der Waals surface area contributed by atoms with Crippen LogP contribution in [0.5, 0.6) is 0 Å². The Morgan fingerprint density at radius 1 is 1.37 bits per heavy atom. The largest absolute Gasteiger partial charge is 0.359 e. The van der Waals surface area contributed by atoms with Crippen molar-refractivity contribution in [2.45, 2.75) is 19.9 Å². The molecular weight excluding hydrogens is 258 g/mol. The molecule has 0 bridgehead atoms. The van der Waals surface area contributed by atoms with Gasteiger partial charge in [-0.25, -0.2) is 15.0 Å². The van der Waals surface area contributed by atoms with E-state index >= 15 is 0 Å². The molecule has 0 fully saturated rings. The SMILES string of the molecule is Cc1csc(C(C)Nc2nccc3c2ncn3C)n1. The minimum atomic E-state index is 0.124. The molecule has 3 heterocycles. The average molecular weight is 273 g/mol. The van der Waals surface area contributed by atoms with Gasteiger partial charge in [0.15, 0.2) is 5.82 Å². The molecule has 3 aromatic rings. The number of aryl methyl sites for hydroxylation is 2. The van der Waals surface area contributed by atoms with Crippen molar-refractivity contribution in [2.24, 2.45) is 7.05 Å². The van der Waals surface area contributed by atoms with E-state index in [1.807, 2.05) is 24.6 Å². The molecule has 0 spiro atoms. The van der Waals surface area contributed by atoms with E-state index in [-0.39, 0.29) is 6.04 Å². The van der Waals surface area contributed by atoms with Crippen molar-refractivity contribution in [1.29, 1.82) is 0 Å². The number of imidazole rings is 1. The third-order valence-corrected chi connectivity index (χ3v) is 4.15. The van der Waals surface area contributed by atoms with E-state index in [2.05, 4.69) is 32.6 Å². The van der Waals surface area contributed by atoms with Gasteiger partial charge in [0.2, 0.25) is 0 Å². The number of hydrogen-bond donors (Lipinski definition) is 1. The maximum atomic E-state index is 4.49. The molecule has 5 nitrogen and oxygen atoms in total. The van der Waals surface area contributed by atoms with E-state index < -0.39 is 0 Å². The summed E-state index contributed by atoms with van der Waals surface area (Å²) >= 11 is 1.66. The first-order valence-corrected chi connectivity index (χ1v) is 6.97. The van der Waals surface area contributed by atoms with Gasteiger partial charge in [0, 0.05) is 24.3 Å². The fourth-order valence-corrected chi connectivity index (χ4v) is 2.81. The van der Waals surface area contributed by atoms with Gasteiger partial charge in [0.05, 0.1) is 17.9 Å². The molecule has 0 saturated heterocycles. The van der Waals surface area contributed by atoms with Crippen molar-refractivity contribution >= 4 is 28.2 Å². The van der Waals surface area contributed by atoms with Crippen LogP contribution in [0.1, 0.15) is 23.7 Å². The Morgan fingerprint density at radius 2 is 2.21 bits per heavy atom. The molecule has 98 valence electrons. The lowest BCUT2D eigenvalue weighted by atomic mass is 10.3. The van der Waals surface area contributed by atoms with Crippen LogP contribution in [0.2, 0.25) is 0 Å². The second-order valence-electron chi connectivity index (χ2n) is 4.58. The summed E-state index contributed by atoms with van der Waals surface area (Å²) in [6.07, 6.45) is 3.60. The van der Waals surface area contributed by atoms with Gasteiger partial charge in [-0.05, 0) is 19.9 Å². The van der Waals surface area contributed by atoms with E-state index in [0.29, 0.717) is 0 Å². The Hall–Kier alpha value is -1.95. The van der Waals surface area contributed by atoms with Gasteiger partial charge < -0.3 is 9.88 Å². The predicted octanol–water partition coefficient (Wildman–Crippen LogP) is 2.91. The molecule has 0 aliphatic heterocycles. The number of nitrogens with one attached hydrogen (secondary N) is 1. The zero-order valence-corrected chi connectivity index (χ0v) is 11.9. The highest BCUT2D eigenvalue weighted by Gasteiger charge is 2.13. The van der Waals surface area contributed by atoms with Crippen molar-refractivity contribution in [3.05, 3.63) is 34.7 Å². The molecule has 0 saturated carbocycles. The summed E-state index contributed by atoms with van der Waals surface area (Å²) in [5, 5.41) is 6.51. The summed E-state index contributed by atoms with van der Waals surface area (Å²) in [4.78, 5) is 13.3. The fraction of sp³-hybridized carbons (Fsp3) is 0.308. The van der Waals surface area contributed by atoms with Gasteiger partial charge in [0.1, 0.15) is 10.5 Å². The molecule has 0 radical (unpaired) electrons. The van der Waals surface area contributed by atoms with Crippen molar-refractivity contribution in [1.82, 2.24) is 19.5 Å². The lowest BCUT2D eigenvalue weighted by molar-refractivity contribution is 0.857. The van der Waals surface area contributed by atoms with E-state index in [0.717, 1.165) is 27.6 Å².